The minimum absolute atomic E-state index is 0.286. The molecule has 0 aliphatic carbocycles. The van der Waals surface area contributed by atoms with Crippen LogP contribution < -0.4 is 10.1 Å². The maximum absolute atomic E-state index is 5.25. The van der Waals surface area contributed by atoms with E-state index in [4.69, 9.17) is 4.74 Å². The van der Waals surface area contributed by atoms with Crippen molar-refractivity contribution in [3.63, 3.8) is 0 Å². The van der Waals surface area contributed by atoms with Crippen LogP contribution in [-0.4, -0.2) is 13.7 Å². The fourth-order valence-corrected chi connectivity index (χ4v) is 1.35. The van der Waals surface area contributed by atoms with E-state index in [2.05, 4.69) is 25.2 Å². The van der Waals surface area contributed by atoms with E-state index in [1.165, 1.54) is 5.56 Å². The Hall–Kier alpha value is -1.02. The van der Waals surface area contributed by atoms with Gasteiger partial charge in [-0.05, 0) is 26.5 Å². The van der Waals surface area contributed by atoms with Crippen LogP contribution in [0.5, 0.6) is 5.75 Å². The summed E-state index contributed by atoms with van der Waals surface area (Å²) in [5, 5.41) is 3.25. The number of hydrogen-bond acceptors (Lipinski definition) is 2. The molecule has 0 amide bonds. The second kappa shape index (κ2) is 4.87. The van der Waals surface area contributed by atoms with Gasteiger partial charge in [0, 0.05) is 11.6 Å². The molecule has 0 fully saturated rings. The summed E-state index contributed by atoms with van der Waals surface area (Å²) in [6, 6.07) is 8.30. The molecule has 1 N–H and O–H groups in total. The zero-order valence-corrected chi connectivity index (χ0v) is 8.21. The first kappa shape index (κ1) is 10.1. The molecule has 1 aromatic carbocycles. The molecule has 0 bridgehead atoms. The van der Waals surface area contributed by atoms with E-state index in [1.807, 2.05) is 18.2 Å². The van der Waals surface area contributed by atoms with Crippen LogP contribution in [-0.2, 0) is 0 Å². The third kappa shape index (κ3) is 2.46. The lowest BCUT2D eigenvalue weighted by Crippen LogP contribution is -2.18. The molecule has 1 aromatic rings. The van der Waals surface area contributed by atoms with Gasteiger partial charge >= 0.3 is 0 Å². The van der Waals surface area contributed by atoms with Crippen LogP contribution in [0, 0.1) is 6.92 Å². The molecule has 0 heterocycles. The molecule has 1 unspecified atom stereocenters. The number of ether oxygens (including phenoxy) is 1. The van der Waals surface area contributed by atoms with Crippen molar-refractivity contribution in [2.24, 2.45) is 0 Å². The Bertz CT molecular complexity index is 260. The van der Waals surface area contributed by atoms with Crippen molar-refractivity contribution < 1.29 is 4.74 Å². The van der Waals surface area contributed by atoms with Crippen LogP contribution in [0.25, 0.3) is 0 Å². The first-order chi connectivity index (χ1) is 6.29. The second-order valence-corrected chi connectivity index (χ2v) is 2.92. The van der Waals surface area contributed by atoms with Crippen molar-refractivity contribution in [2.75, 3.05) is 13.7 Å². The Kier molecular flexibility index (Phi) is 3.77. The molecular weight excluding hydrogens is 162 g/mol. The lowest BCUT2D eigenvalue weighted by molar-refractivity contribution is 0.403. The van der Waals surface area contributed by atoms with Gasteiger partial charge in [-0.3, -0.25) is 0 Å². The van der Waals surface area contributed by atoms with E-state index in [-0.39, 0.29) is 6.04 Å². The Morgan fingerprint density at radius 2 is 2.15 bits per heavy atom. The third-order valence-electron chi connectivity index (χ3n) is 2.06. The van der Waals surface area contributed by atoms with E-state index in [9.17, 15) is 0 Å². The maximum atomic E-state index is 5.25. The number of para-hydroxylation sites is 1. The van der Waals surface area contributed by atoms with Crippen molar-refractivity contribution in [3.8, 4) is 5.75 Å². The van der Waals surface area contributed by atoms with Gasteiger partial charge in [0.15, 0.2) is 0 Å². The van der Waals surface area contributed by atoms with E-state index < -0.39 is 0 Å². The SMILES string of the molecule is [CH2]CNC(C)c1ccccc1OC. The summed E-state index contributed by atoms with van der Waals surface area (Å²) in [7, 11) is 1.69. The van der Waals surface area contributed by atoms with Gasteiger partial charge in [0.25, 0.3) is 0 Å². The molecule has 71 valence electrons. The molecule has 0 aliphatic rings. The van der Waals surface area contributed by atoms with Crippen LogP contribution in [0.3, 0.4) is 0 Å². The number of methoxy groups -OCH3 is 1. The topological polar surface area (TPSA) is 21.3 Å². The van der Waals surface area contributed by atoms with Gasteiger partial charge in [0.05, 0.1) is 7.11 Å². The molecule has 2 nitrogen and oxygen atoms in total. The van der Waals surface area contributed by atoms with E-state index in [1.54, 1.807) is 7.11 Å². The smallest absolute Gasteiger partial charge is 0.123 e. The van der Waals surface area contributed by atoms with Crippen molar-refractivity contribution in [1.82, 2.24) is 5.32 Å². The van der Waals surface area contributed by atoms with Crippen LogP contribution in [0.2, 0.25) is 0 Å². The molecular formula is C11H16NO. The number of nitrogens with one attached hydrogen (secondary N) is 1. The predicted octanol–water partition coefficient (Wildman–Crippen LogP) is 2.18. The zero-order chi connectivity index (χ0) is 9.68. The maximum Gasteiger partial charge on any atom is 0.123 e. The Labute approximate surface area is 79.9 Å². The average Bonchev–Trinajstić information content (AvgIpc) is 2.18. The summed E-state index contributed by atoms with van der Waals surface area (Å²) >= 11 is 0. The zero-order valence-electron chi connectivity index (χ0n) is 8.21. The van der Waals surface area contributed by atoms with Crippen molar-refractivity contribution in [2.45, 2.75) is 13.0 Å². The summed E-state index contributed by atoms with van der Waals surface area (Å²) in [5.41, 5.74) is 1.17. The second-order valence-electron chi connectivity index (χ2n) is 2.92. The van der Waals surface area contributed by atoms with Crippen LogP contribution in [0.4, 0.5) is 0 Å². The fraction of sp³-hybridized carbons (Fsp3) is 0.364. The molecule has 1 radical (unpaired) electrons. The van der Waals surface area contributed by atoms with Crippen LogP contribution in [0.15, 0.2) is 24.3 Å². The first-order valence-corrected chi connectivity index (χ1v) is 4.45. The molecule has 2 heteroatoms. The van der Waals surface area contributed by atoms with Gasteiger partial charge in [0.2, 0.25) is 0 Å². The first-order valence-electron chi connectivity index (χ1n) is 4.45. The third-order valence-corrected chi connectivity index (χ3v) is 2.06. The van der Waals surface area contributed by atoms with Gasteiger partial charge in [-0.25, -0.2) is 0 Å². The Morgan fingerprint density at radius 3 is 2.77 bits per heavy atom. The summed E-state index contributed by atoms with van der Waals surface area (Å²) in [6.07, 6.45) is 0. The summed E-state index contributed by atoms with van der Waals surface area (Å²) < 4.78 is 5.25. The average molecular weight is 178 g/mol. The van der Waals surface area contributed by atoms with Gasteiger partial charge in [-0.1, -0.05) is 18.2 Å². The van der Waals surface area contributed by atoms with Gasteiger partial charge in [0.1, 0.15) is 5.75 Å². The quantitative estimate of drug-likeness (QED) is 0.763. The highest BCUT2D eigenvalue weighted by Crippen LogP contribution is 2.23. The lowest BCUT2D eigenvalue weighted by Gasteiger charge is -2.15. The Balaban J connectivity index is 2.85. The highest BCUT2D eigenvalue weighted by molar-refractivity contribution is 5.35. The van der Waals surface area contributed by atoms with Gasteiger partial charge in [-0.15, -0.1) is 0 Å². The van der Waals surface area contributed by atoms with Gasteiger partial charge < -0.3 is 10.1 Å². The van der Waals surface area contributed by atoms with E-state index >= 15 is 0 Å². The minimum atomic E-state index is 0.286. The minimum Gasteiger partial charge on any atom is -0.496 e. The standard InChI is InChI=1S/C11H16NO/c1-4-12-9(2)10-7-5-6-8-11(10)13-3/h5-9,12H,1,4H2,2-3H3. The number of benzene rings is 1. The highest BCUT2D eigenvalue weighted by Gasteiger charge is 2.08. The summed E-state index contributed by atoms with van der Waals surface area (Å²) in [6.45, 7) is 6.58. The van der Waals surface area contributed by atoms with Crippen molar-refractivity contribution >= 4 is 0 Å². The molecule has 0 saturated carbocycles. The van der Waals surface area contributed by atoms with Crippen molar-refractivity contribution in [1.29, 1.82) is 0 Å². The van der Waals surface area contributed by atoms with E-state index in [0.29, 0.717) is 0 Å². The molecule has 1 atom stereocenters. The number of hydrogen-bond donors (Lipinski definition) is 1. The molecule has 13 heavy (non-hydrogen) atoms. The molecule has 0 aromatic heterocycles. The van der Waals surface area contributed by atoms with Crippen LogP contribution >= 0.6 is 0 Å². The van der Waals surface area contributed by atoms with Crippen molar-refractivity contribution in [3.05, 3.63) is 36.8 Å². The van der Waals surface area contributed by atoms with Gasteiger partial charge in [-0.2, -0.15) is 0 Å². The molecule has 0 aliphatic heterocycles. The van der Waals surface area contributed by atoms with E-state index in [0.717, 1.165) is 12.3 Å². The summed E-state index contributed by atoms with van der Waals surface area (Å²) in [5.74, 6) is 0.927. The summed E-state index contributed by atoms with van der Waals surface area (Å²) in [4.78, 5) is 0. The lowest BCUT2D eigenvalue weighted by atomic mass is 10.1. The van der Waals surface area contributed by atoms with Crippen LogP contribution in [0.1, 0.15) is 18.5 Å². The largest absolute Gasteiger partial charge is 0.496 e. The monoisotopic (exact) mass is 178 g/mol. The molecule has 0 spiro atoms. The predicted molar refractivity (Wildman–Crippen MR) is 54.8 cm³/mol. The normalized spacial score (nSPS) is 12.5. The molecule has 1 rings (SSSR count). The fourth-order valence-electron chi connectivity index (χ4n) is 1.35. The molecule has 0 saturated heterocycles. The highest BCUT2D eigenvalue weighted by atomic mass is 16.5. The Morgan fingerprint density at radius 1 is 1.46 bits per heavy atom. The number of rotatable bonds is 4.